The molecule has 0 aliphatic rings. The monoisotopic (exact) mass is 146 g/mol. The highest BCUT2D eigenvalue weighted by atomic mass is 15.4. The minimum Gasteiger partial charge on any atom is -0.359 e. The molecule has 0 aliphatic carbocycles. The molecular weight excluding hydrogens is 142 g/mol. The van der Waals surface area contributed by atoms with Crippen LogP contribution in [0.4, 0.5) is 0 Å². The first-order valence-electron chi connectivity index (χ1n) is 3.03. The van der Waals surface area contributed by atoms with Crippen LogP contribution in [-0.2, 0) is 0 Å². The van der Waals surface area contributed by atoms with E-state index in [1.165, 1.54) is 6.20 Å². The Bertz CT molecular complexity index is 314. The number of nitrogens with one attached hydrogen (secondary N) is 1. The highest BCUT2D eigenvalue weighted by Gasteiger charge is 1.98. The minimum absolute atomic E-state index is 0.668. The maximum Gasteiger partial charge on any atom is 0.117 e. The molecule has 0 saturated heterocycles. The molecule has 0 fully saturated rings. The van der Waals surface area contributed by atoms with Crippen molar-refractivity contribution in [1.82, 2.24) is 25.6 Å². The second-order valence-electron chi connectivity index (χ2n) is 1.93. The van der Waals surface area contributed by atoms with Gasteiger partial charge in [-0.05, 0) is 16.5 Å². The first-order chi connectivity index (χ1) is 5.47. The highest BCUT2D eigenvalue weighted by molar-refractivity contribution is 5.54. The van der Waals surface area contributed by atoms with Crippen molar-refractivity contribution >= 4 is 0 Å². The lowest BCUT2D eigenvalue weighted by Gasteiger charge is -1.88. The predicted molar refractivity (Wildman–Crippen MR) is 36.2 cm³/mol. The van der Waals surface area contributed by atoms with Gasteiger partial charge in [0.15, 0.2) is 0 Å². The van der Waals surface area contributed by atoms with E-state index in [1.807, 2.05) is 6.07 Å². The molecule has 2 aromatic rings. The van der Waals surface area contributed by atoms with Crippen molar-refractivity contribution in [2.24, 2.45) is 0 Å². The summed E-state index contributed by atoms with van der Waals surface area (Å²) in [6.45, 7) is 0. The fraction of sp³-hybridized carbons (Fsp3) is 0. The summed E-state index contributed by atoms with van der Waals surface area (Å²) >= 11 is 0. The van der Waals surface area contributed by atoms with Crippen molar-refractivity contribution < 1.29 is 0 Å². The van der Waals surface area contributed by atoms with Crippen LogP contribution >= 0.6 is 0 Å². The molecule has 0 atom stereocenters. The molecule has 0 aromatic carbocycles. The third kappa shape index (κ3) is 1.07. The normalized spacial score (nSPS) is 9.82. The van der Waals surface area contributed by atoms with Crippen molar-refractivity contribution in [1.29, 1.82) is 0 Å². The zero-order valence-electron chi connectivity index (χ0n) is 5.52. The Morgan fingerprint density at radius 2 is 2.36 bits per heavy atom. The Balaban J connectivity index is 2.46. The van der Waals surface area contributed by atoms with Gasteiger partial charge in [-0.25, -0.2) is 0 Å². The lowest BCUT2D eigenvalue weighted by molar-refractivity contribution is 0.766. The molecule has 2 heterocycles. The number of aromatic amines is 1. The molecule has 0 spiro atoms. The summed E-state index contributed by atoms with van der Waals surface area (Å²) in [6.07, 6.45) is 6.15. The Morgan fingerprint density at radius 3 is 3.00 bits per heavy atom. The van der Waals surface area contributed by atoms with Crippen LogP contribution in [-0.4, -0.2) is 25.6 Å². The average molecular weight is 146 g/mol. The Morgan fingerprint density at radius 1 is 1.36 bits per heavy atom. The number of H-pyrrole nitrogens is 1. The summed E-state index contributed by atoms with van der Waals surface area (Å²) in [5.41, 5.74) is 1.51. The maximum absolute atomic E-state index is 3.75. The van der Waals surface area contributed by atoms with E-state index < -0.39 is 0 Å². The van der Waals surface area contributed by atoms with Gasteiger partial charge in [-0.3, -0.25) is 0 Å². The van der Waals surface area contributed by atoms with E-state index in [0.29, 0.717) is 5.69 Å². The molecule has 2 aromatic heterocycles. The van der Waals surface area contributed by atoms with Crippen LogP contribution in [0.5, 0.6) is 0 Å². The number of hydrogen-bond acceptors (Lipinski definition) is 4. The summed E-state index contributed by atoms with van der Waals surface area (Å²) in [4.78, 5) is 2.79. The molecular formula is C6H4N5. The molecule has 0 saturated carbocycles. The summed E-state index contributed by atoms with van der Waals surface area (Å²) in [5, 5.41) is 14.0. The fourth-order valence-corrected chi connectivity index (χ4v) is 0.757. The van der Waals surface area contributed by atoms with Crippen molar-refractivity contribution in [2.75, 3.05) is 0 Å². The number of rotatable bonds is 1. The number of nitrogens with zero attached hydrogens (tertiary/aromatic N) is 4. The first kappa shape index (κ1) is 5.96. The lowest BCUT2D eigenvalue weighted by Crippen LogP contribution is -1.91. The van der Waals surface area contributed by atoms with Crippen molar-refractivity contribution in [3.8, 4) is 11.3 Å². The quantitative estimate of drug-likeness (QED) is 0.617. The molecule has 1 N–H and O–H groups in total. The minimum atomic E-state index is 0.668. The van der Waals surface area contributed by atoms with Gasteiger partial charge in [0.05, 0.1) is 12.4 Å². The number of hydrogen-bond donors (Lipinski definition) is 1. The van der Waals surface area contributed by atoms with Gasteiger partial charge in [-0.1, -0.05) is 0 Å². The van der Waals surface area contributed by atoms with Crippen LogP contribution in [0.15, 0.2) is 18.5 Å². The third-order valence-corrected chi connectivity index (χ3v) is 1.24. The average Bonchev–Trinajstić information content (AvgIpc) is 2.58. The molecule has 0 unspecified atom stereocenters. The smallest absolute Gasteiger partial charge is 0.117 e. The predicted octanol–water partition coefficient (Wildman–Crippen LogP) is 0.0619. The van der Waals surface area contributed by atoms with Crippen molar-refractivity contribution in [2.45, 2.75) is 0 Å². The van der Waals surface area contributed by atoms with Crippen LogP contribution in [0.1, 0.15) is 0 Å². The summed E-state index contributed by atoms with van der Waals surface area (Å²) in [6, 6.07) is 1.84. The summed E-state index contributed by atoms with van der Waals surface area (Å²) in [7, 11) is 0. The first-order valence-corrected chi connectivity index (χ1v) is 3.03. The standard InChI is InChI=1S/C6H4N5/c1-2-7-3-5(1)6-4-8-10-11-9-6/h1-2,4,7H. The third-order valence-electron chi connectivity index (χ3n) is 1.24. The van der Waals surface area contributed by atoms with Crippen LogP contribution in [0.2, 0.25) is 0 Å². The van der Waals surface area contributed by atoms with Gasteiger partial charge in [-0.15, -0.1) is 10.2 Å². The van der Waals surface area contributed by atoms with Crippen LogP contribution in [0.3, 0.4) is 0 Å². The van der Waals surface area contributed by atoms with Crippen molar-refractivity contribution in [3.05, 3.63) is 24.7 Å². The van der Waals surface area contributed by atoms with E-state index in [1.54, 1.807) is 6.20 Å². The van der Waals surface area contributed by atoms with E-state index in [4.69, 9.17) is 0 Å². The van der Waals surface area contributed by atoms with Gasteiger partial charge in [0.25, 0.3) is 0 Å². The van der Waals surface area contributed by atoms with Gasteiger partial charge in [-0.2, -0.15) is 0 Å². The summed E-state index contributed by atoms with van der Waals surface area (Å²) < 4.78 is 0. The van der Waals surface area contributed by atoms with Crippen LogP contribution in [0, 0.1) is 6.20 Å². The molecule has 11 heavy (non-hydrogen) atoms. The number of aromatic nitrogens is 5. The van der Waals surface area contributed by atoms with Gasteiger partial charge < -0.3 is 4.98 Å². The second kappa shape index (κ2) is 2.45. The zero-order chi connectivity index (χ0) is 7.52. The fourth-order valence-electron chi connectivity index (χ4n) is 0.757. The van der Waals surface area contributed by atoms with Gasteiger partial charge in [0, 0.05) is 11.8 Å². The lowest BCUT2D eigenvalue weighted by atomic mass is 10.3. The van der Waals surface area contributed by atoms with Crippen molar-refractivity contribution in [3.63, 3.8) is 0 Å². The molecule has 1 radical (unpaired) electrons. The van der Waals surface area contributed by atoms with E-state index in [9.17, 15) is 0 Å². The van der Waals surface area contributed by atoms with E-state index in [2.05, 4.69) is 31.8 Å². The molecule has 5 heteroatoms. The topological polar surface area (TPSA) is 67.3 Å². The van der Waals surface area contributed by atoms with E-state index >= 15 is 0 Å². The Kier molecular flexibility index (Phi) is 1.33. The van der Waals surface area contributed by atoms with Gasteiger partial charge in [0.2, 0.25) is 0 Å². The molecule has 2 rings (SSSR count). The molecule has 5 nitrogen and oxygen atoms in total. The molecule has 0 aliphatic heterocycles. The molecule has 0 amide bonds. The van der Waals surface area contributed by atoms with Crippen LogP contribution in [0.25, 0.3) is 11.3 Å². The zero-order valence-corrected chi connectivity index (χ0v) is 5.52. The SMILES string of the molecule is [c]1[nH]ccc1-c1cnnnn1. The molecule has 53 valence electrons. The Labute approximate surface area is 62.5 Å². The Hall–Kier alpha value is -1.78. The van der Waals surface area contributed by atoms with Gasteiger partial charge in [0.1, 0.15) is 5.69 Å². The van der Waals surface area contributed by atoms with E-state index in [0.717, 1.165) is 5.56 Å². The largest absolute Gasteiger partial charge is 0.359 e. The molecule has 0 bridgehead atoms. The van der Waals surface area contributed by atoms with Crippen LogP contribution < -0.4 is 0 Å². The highest BCUT2D eigenvalue weighted by Crippen LogP contribution is 2.10. The summed E-state index contributed by atoms with van der Waals surface area (Å²) in [5.74, 6) is 0. The second-order valence-corrected chi connectivity index (χ2v) is 1.93. The van der Waals surface area contributed by atoms with E-state index in [-0.39, 0.29) is 0 Å². The van der Waals surface area contributed by atoms with Gasteiger partial charge >= 0.3 is 0 Å². The maximum atomic E-state index is 3.75.